The fraction of sp³-hybridized carbons (Fsp3) is 1.00. The molecule has 1 atom stereocenters. The van der Waals surface area contributed by atoms with Gasteiger partial charge in [-0.1, -0.05) is 0 Å². The van der Waals surface area contributed by atoms with Gasteiger partial charge in [0.15, 0.2) is 0 Å². The van der Waals surface area contributed by atoms with E-state index < -0.39 is 0 Å². The number of likely N-dealkylation sites (N-methyl/N-ethyl adjacent to an activating group) is 1. The van der Waals surface area contributed by atoms with Crippen LogP contribution in [0.3, 0.4) is 0 Å². The van der Waals surface area contributed by atoms with E-state index in [0.29, 0.717) is 12.5 Å². The predicted octanol–water partition coefficient (Wildman–Crippen LogP) is 0.982. The smallest absolute Gasteiger partial charge is 0.0909 e. The molecular formula is C9H19FN2. The molecule has 0 bridgehead atoms. The summed E-state index contributed by atoms with van der Waals surface area (Å²) in [4.78, 5) is 4.69. The average Bonchev–Trinajstić information content (AvgIpc) is 2.06. The van der Waals surface area contributed by atoms with Crippen molar-refractivity contribution in [1.82, 2.24) is 9.80 Å². The van der Waals surface area contributed by atoms with Crippen molar-refractivity contribution in [3.05, 3.63) is 0 Å². The molecule has 0 N–H and O–H groups in total. The summed E-state index contributed by atoms with van der Waals surface area (Å²) >= 11 is 0. The van der Waals surface area contributed by atoms with Crippen molar-refractivity contribution in [2.24, 2.45) is 0 Å². The Hall–Kier alpha value is -0.150. The second-order valence-corrected chi connectivity index (χ2v) is 3.67. The van der Waals surface area contributed by atoms with Crippen LogP contribution in [0.25, 0.3) is 0 Å². The third-order valence-corrected chi connectivity index (χ3v) is 2.69. The summed E-state index contributed by atoms with van der Waals surface area (Å²) in [5.41, 5.74) is 0. The van der Waals surface area contributed by atoms with E-state index in [-0.39, 0.29) is 6.67 Å². The lowest BCUT2D eigenvalue weighted by Gasteiger charge is -2.36. The van der Waals surface area contributed by atoms with Crippen LogP contribution in [0.2, 0.25) is 0 Å². The van der Waals surface area contributed by atoms with E-state index in [2.05, 4.69) is 23.8 Å². The minimum absolute atomic E-state index is 0.187. The Labute approximate surface area is 74.3 Å². The van der Waals surface area contributed by atoms with Crippen LogP contribution < -0.4 is 0 Å². The van der Waals surface area contributed by atoms with Crippen LogP contribution in [-0.4, -0.2) is 55.7 Å². The number of rotatable bonds is 3. The van der Waals surface area contributed by atoms with Gasteiger partial charge in [-0.15, -0.1) is 0 Å². The van der Waals surface area contributed by atoms with Crippen LogP contribution in [0.5, 0.6) is 0 Å². The lowest BCUT2D eigenvalue weighted by molar-refractivity contribution is 0.111. The van der Waals surface area contributed by atoms with Gasteiger partial charge in [0, 0.05) is 32.2 Å². The standard InChI is InChI=1S/C9H19FN2/c1-9(3-4-10)12-7-5-11(2)6-8-12/h9H,3-8H2,1-2H3. The lowest BCUT2D eigenvalue weighted by Crippen LogP contribution is -2.48. The Balaban J connectivity index is 2.24. The Morgan fingerprint density at radius 3 is 2.33 bits per heavy atom. The zero-order valence-electron chi connectivity index (χ0n) is 8.09. The first-order valence-electron chi connectivity index (χ1n) is 4.72. The number of nitrogens with zero attached hydrogens (tertiary/aromatic N) is 2. The fourth-order valence-corrected chi connectivity index (χ4v) is 1.60. The van der Waals surface area contributed by atoms with Gasteiger partial charge in [0.25, 0.3) is 0 Å². The summed E-state index contributed by atoms with van der Waals surface area (Å²) in [6, 6.07) is 0.420. The van der Waals surface area contributed by atoms with E-state index in [1.54, 1.807) is 0 Å². The molecule has 0 aromatic carbocycles. The second-order valence-electron chi connectivity index (χ2n) is 3.67. The monoisotopic (exact) mass is 174 g/mol. The summed E-state index contributed by atoms with van der Waals surface area (Å²) in [6.07, 6.45) is 0.684. The van der Waals surface area contributed by atoms with Gasteiger partial charge in [-0.25, -0.2) is 0 Å². The van der Waals surface area contributed by atoms with Crippen LogP contribution in [0.1, 0.15) is 13.3 Å². The molecule has 3 heteroatoms. The summed E-state index contributed by atoms with van der Waals surface area (Å²) in [7, 11) is 2.14. The average molecular weight is 174 g/mol. The van der Waals surface area contributed by atoms with Crippen molar-refractivity contribution in [1.29, 1.82) is 0 Å². The third kappa shape index (κ3) is 2.72. The predicted molar refractivity (Wildman–Crippen MR) is 49.1 cm³/mol. The molecule has 0 aliphatic carbocycles. The maximum absolute atomic E-state index is 12.0. The first-order valence-corrected chi connectivity index (χ1v) is 4.72. The fourth-order valence-electron chi connectivity index (χ4n) is 1.60. The van der Waals surface area contributed by atoms with Gasteiger partial charge in [-0.05, 0) is 20.4 Å². The Morgan fingerprint density at radius 2 is 1.83 bits per heavy atom. The molecule has 1 heterocycles. The normalized spacial score (nSPS) is 24.2. The molecule has 1 rings (SSSR count). The number of hydrogen-bond acceptors (Lipinski definition) is 2. The van der Waals surface area contributed by atoms with E-state index in [1.165, 1.54) is 0 Å². The summed E-state index contributed by atoms with van der Waals surface area (Å²) in [6.45, 7) is 6.36. The van der Waals surface area contributed by atoms with Crippen molar-refractivity contribution >= 4 is 0 Å². The van der Waals surface area contributed by atoms with E-state index in [0.717, 1.165) is 26.2 Å². The molecule has 0 saturated carbocycles. The first kappa shape index (κ1) is 9.93. The van der Waals surface area contributed by atoms with E-state index in [4.69, 9.17) is 0 Å². The van der Waals surface area contributed by atoms with Crippen LogP contribution in [0, 0.1) is 0 Å². The molecule has 2 nitrogen and oxygen atoms in total. The Kier molecular flexibility index (Phi) is 3.95. The van der Waals surface area contributed by atoms with Gasteiger partial charge in [0.2, 0.25) is 0 Å². The molecular weight excluding hydrogens is 155 g/mol. The second kappa shape index (κ2) is 4.77. The molecule has 1 aliphatic rings. The Bertz CT molecular complexity index is 122. The number of halogens is 1. The van der Waals surface area contributed by atoms with Crippen molar-refractivity contribution in [3.8, 4) is 0 Å². The lowest BCUT2D eigenvalue weighted by atomic mass is 10.2. The maximum atomic E-state index is 12.0. The highest BCUT2D eigenvalue weighted by Gasteiger charge is 2.18. The van der Waals surface area contributed by atoms with Gasteiger partial charge < -0.3 is 4.90 Å². The molecule has 0 amide bonds. The van der Waals surface area contributed by atoms with E-state index in [1.807, 2.05) is 0 Å². The van der Waals surface area contributed by atoms with Gasteiger partial charge in [0.1, 0.15) is 0 Å². The van der Waals surface area contributed by atoms with Gasteiger partial charge in [-0.3, -0.25) is 9.29 Å². The molecule has 1 fully saturated rings. The number of alkyl halides is 1. The quantitative estimate of drug-likeness (QED) is 0.629. The zero-order valence-corrected chi connectivity index (χ0v) is 8.09. The highest BCUT2D eigenvalue weighted by Crippen LogP contribution is 2.07. The highest BCUT2D eigenvalue weighted by molar-refractivity contribution is 4.74. The Morgan fingerprint density at radius 1 is 1.25 bits per heavy atom. The van der Waals surface area contributed by atoms with Crippen molar-refractivity contribution in [2.45, 2.75) is 19.4 Å². The number of hydrogen-bond donors (Lipinski definition) is 0. The summed E-state index contributed by atoms with van der Waals surface area (Å²) in [5, 5.41) is 0. The SMILES string of the molecule is CC(CCF)N1CCN(C)CC1. The molecule has 72 valence electrons. The third-order valence-electron chi connectivity index (χ3n) is 2.69. The maximum Gasteiger partial charge on any atom is 0.0909 e. The molecule has 1 aliphatic heterocycles. The molecule has 0 aromatic rings. The zero-order chi connectivity index (χ0) is 8.97. The topological polar surface area (TPSA) is 6.48 Å². The molecule has 1 unspecified atom stereocenters. The van der Waals surface area contributed by atoms with E-state index in [9.17, 15) is 4.39 Å². The molecule has 0 spiro atoms. The van der Waals surface area contributed by atoms with Crippen molar-refractivity contribution in [2.75, 3.05) is 39.9 Å². The van der Waals surface area contributed by atoms with Crippen LogP contribution >= 0.6 is 0 Å². The van der Waals surface area contributed by atoms with Crippen molar-refractivity contribution in [3.63, 3.8) is 0 Å². The molecule has 0 radical (unpaired) electrons. The van der Waals surface area contributed by atoms with E-state index >= 15 is 0 Å². The molecule has 1 saturated heterocycles. The first-order chi connectivity index (χ1) is 5.74. The largest absolute Gasteiger partial charge is 0.304 e. The van der Waals surface area contributed by atoms with Gasteiger partial charge in [-0.2, -0.15) is 0 Å². The van der Waals surface area contributed by atoms with Crippen molar-refractivity contribution < 1.29 is 4.39 Å². The summed E-state index contributed by atoms with van der Waals surface area (Å²) in [5.74, 6) is 0. The minimum Gasteiger partial charge on any atom is -0.304 e. The molecule has 12 heavy (non-hydrogen) atoms. The van der Waals surface area contributed by atoms with Crippen LogP contribution in [0.4, 0.5) is 4.39 Å². The number of piperazine rings is 1. The summed E-state index contributed by atoms with van der Waals surface area (Å²) < 4.78 is 12.0. The molecule has 0 aromatic heterocycles. The van der Waals surface area contributed by atoms with Gasteiger partial charge in [0.05, 0.1) is 6.67 Å². The van der Waals surface area contributed by atoms with Gasteiger partial charge >= 0.3 is 0 Å². The minimum atomic E-state index is -0.187. The van der Waals surface area contributed by atoms with Crippen LogP contribution in [-0.2, 0) is 0 Å². The highest BCUT2D eigenvalue weighted by atomic mass is 19.1. The van der Waals surface area contributed by atoms with Crippen LogP contribution in [0.15, 0.2) is 0 Å².